The molecule has 0 spiro atoms. The fourth-order valence-electron chi connectivity index (χ4n) is 0.607. The van der Waals surface area contributed by atoms with Gasteiger partial charge in [0.15, 0.2) is 0 Å². The van der Waals surface area contributed by atoms with Crippen LogP contribution in [-0.4, -0.2) is 16.5 Å². The minimum Gasteiger partial charge on any atom is -0.330 e. The van der Waals surface area contributed by atoms with Crippen molar-refractivity contribution in [2.24, 2.45) is 5.73 Å². The minimum atomic E-state index is 0. The smallest absolute Gasteiger partial charge is 0.0599 e. The fraction of sp³-hybridized carbons (Fsp3) is 0.333. The second-order valence-corrected chi connectivity index (χ2v) is 1.74. The highest BCUT2D eigenvalue weighted by Gasteiger charge is 1.87. The van der Waals surface area contributed by atoms with E-state index in [0.29, 0.717) is 6.54 Å². The van der Waals surface area contributed by atoms with E-state index in [1.54, 1.807) is 18.6 Å². The van der Waals surface area contributed by atoms with Gasteiger partial charge in [-0.05, 0) is 6.54 Å². The van der Waals surface area contributed by atoms with Gasteiger partial charge in [0.25, 0.3) is 0 Å². The van der Waals surface area contributed by atoms with E-state index in [0.717, 1.165) is 12.1 Å². The number of rotatable bonds is 2. The van der Waals surface area contributed by atoms with E-state index in [9.17, 15) is 0 Å². The van der Waals surface area contributed by atoms with Gasteiger partial charge in [-0.1, -0.05) is 0 Å². The van der Waals surface area contributed by atoms with Crippen LogP contribution in [0.2, 0.25) is 0 Å². The highest BCUT2D eigenvalue weighted by atomic mass is 35.5. The molecule has 0 saturated heterocycles. The number of halogens is 2. The molecule has 0 aliphatic rings. The predicted octanol–water partition coefficient (Wildman–Crippen LogP) is 0.821. The fourth-order valence-corrected chi connectivity index (χ4v) is 0.607. The van der Waals surface area contributed by atoms with E-state index in [1.165, 1.54) is 0 Å². The Bertz CT molecular complexity index is 169. The van der Waals surface area contributed by atoms with Crippen molar-refractivity contribution in [3.8, 4) is 0 Å². The SMILES string of the molecule is Cl.Cl.NCCc1cnccn1. The zero-order valence-corrected chi connectivity index (χ0v) is 7.57. The molecular weight excluding hydrogens is 185 g/mol. The summed E-state index contributed by atoms with van der Waals surface area (Å²) in [5.74, 6) is 0. The van der Waals surface area contributed by atoms with Gasteiger partial charge in [-0.2, -0.15) is 0 Å². The number of hydrogen-bond donors (Lipinski definition) is 1. The molecule has 0 unspecified atom stereocenters. The molecule has 0 bridgehead atoms. The van der Waals surface area contributed by atoms with Gasteiger partial charge < -0.3 is 5.73 Å². The van der Waals surface area contributed by atoms with Gasteiger partial charge >= 0.3 is 0 Å². The number of nitrogens with zero attached hydrogens (tertiary/aromatic N) is 2. The molecule has 1 aromatic heterocycles. The normalized spacial score (nSPS) is 7.73. The quantitative estimate of drug-likeness (QED) is 0.761. The zero-order chi connectivity index (χ0) is 6.53. The number of hydrogen-bond acceptors (Lipinski definition) is 3. The van der Waals surface area contributed by atoms with Gasteiger partial charge in [-0.3, -0.25) is 9.97 Å². The minimum absolute atomic E-state index is 0. The lowest BCUT2D eigenvalue weighted by atomic mass is 10.3. The molecule has 0 aliphatic heterocycles. The van der Waals surface area contributed by atoms with E-state index >= 15 is 0 Å². The summed E-state index contributed by atoms with van der Waals surface area (Å²) in [7, 11) is 0. The van der Waals surface area contributed by atoms with Crippen LogP contribution in [0.1, 0.15) is 5.69 Å². The van der Waals surface area contributed by atoms with Crippen molar-refractivity contribution in [3.05, 3.63) is 24.3 Å². The lowest BCUT2D eigenvalue weighted by molar-refractivity contribution is 0.908. The van der Waals surface area contributed by atoms with Crippen molar-refractivity contribution in [1.82, 2.24) is 9.97 Å². The van der Waals surface area contributed by atoms with Crippen molar-refractivity contribution in [2.45, 2.75) is 6.42 Å². The Morgan fingerprint density at radius 1 is 1.27 bits per heavy atom. The summed E-state index contributed by atoms with van der Waals surface area (Å²) in [6.07, 6.45) is 5.87. The molecule has 1 rings (SSSR count). The summed E-state index contributed by atoms with van der Waals surface area (Å²) >= 11 is 0. The molecule has 0 aliphatic carbocycles. The monoisotopic (exact) mass is 195 g/mol. The van der Waals surface area contributed by atoms with Gasteiger partial charge in [0.2, 0.25) is 0 Å². The molecule has 0 saturated carbocycles. The Balaban J connectivity index is 0. The molecule has 3 nitrogen and oxygen atoms in total. The first kappa shape index (κ1) is 13.2. The lowest BCUT2D eigenvalue weighted by Crippen LogP contribution is -2.04. The topological polar surface area (TPSA) is 51.8 Å². The second kappa shape index (κ2) is 7.72. The van der Waals surface area contributed by atoms with Crippen molar-refractivity contribution in [1.29, 1.82) is 0 Å². The van der Waals surface area contributed by atoms with Crippen molar-refractivity contribution in [3.63, 3.8) is 0 Å². The third kappa shape index (κ3) is 4.95. The summed E-state index contributed by atoms with van der Waals surface area (Å²) in [5, 5.41) is 0. The van der Waals surface area contributed by atoms with E-state index in [2.05, 4.69) is 9.97 Å². The van der Waals surface area contributed by atoms with Crippen LogP contribution in [0.3, 0.4) is 0 Å². The Kier molecular flexibility index (Phi) is 9.29. The average Bonchev–Trinajstić information content (AvgIpc) is 1.91. The summed E-state index contributed by atoms with van der Waals surface area (Å²) in [6, 6.07) is 0. The standard InChI is InChI=1S/C6H9N3.2ClH/c7-2-1-6-5-8-3-4-9-6;;/h3-5H,1-2,7H2;2*1H. The molecule has 64 valence electrons. The molecule has 1 heterocycles. The van der Waals surface area contributed by atoms with Crippen molar-refractivity contribution < 1.29 is 0 Å². The van der Waals surface area contributed by atoms with Crippen LogP contribution in [0.4, 0.5) is 0 Å². The Morgan fingerprint density at radius 2 is 2.00 bits per heavy atom. The molecule has 2 N–H and O–H groups in total. The van der Waals surface area contributed by atoms with Crippen LogP contribution in [0, 0.1) is 0 Å². The Morgan fingerprint density at radius 3 is 2.45 bits per heavy atom. The van der Waals surface area contributed by atoms with Crippen LogP contribution in [0.25, 0.3) is 0 Å². The van der Waals surface area contributed by atoms with Crippen LogP contribution in [-0.2, 0) is 6.42 Å². The van der Waals surface area contributed by atoms with Gasteiger partial charge in [0.05, 0.1) is 5.69 Å². The number of aromatic nitrogens is 2. The summed E-state index contributed by atoms with van der Waals surface area (Å²) < 4.78 is 0. The van der Waals surface area contributed by atoms with Gasteiger partial charge in [-0.25, -0.2) is 0 Å². The molecule has 0 radical (unpaired) electrons. The lowest BCUT2D eigenvalue weighted by Gasteiger charge is -1.92. The predicted molar refractivity (Wildman–Crippen MR) is 49.3 cm³/mol. The van der Waals surface area contributed by atoms with Crippen molar-refractivity contribution >= 4 is 24.8 Å². The second-order valence-electron chi connectivity index (χ2n) is 1.74. The number of nitrogens with two attached hydrogens (primary N) is 1. The van der Waals surface area contributed by atoms with Crippen LogP contribution in [0.15, 0.2) is 18.6 Å². The average molecular weight is 196 g/mol. The van der Waals surface area contributed by atoms with E-state index in [4.69, 9.17) is 5.73 Å². The first-order valence-electron chi connectivity index (χ1n) is 2.88. The highest BCUT2D eigenvalue weighted by molar-refractivity contribution is 5.85. The summed E-state index contributed by atoms with van der Waals surface area (Å²) in [6.45, 7) is 0.638. The van der Waals surface area contributed by atoms with E-state index in [-0.39, 0.29) is 24.8 Å². The first-order valence-corrected chi connectivity index (χ1v) is 2.88. The summed E-state index contributed by atoms with van der Waals surface area (Å²) in [5.41, 5.74) is 6.25. The third-order valence-electron chi connectivity index (χ3n) is 1.02. The largest absolute Gasteiger partial charge is 0.330 e. The molecule has 0 amide bonds. The third-order valence-corrected chi connectivity index (χ3v) is 1.02. The Labute approximate surface area is 78.2 Å². The van der Waals surface area contributed by atoms with E-state index in [1.807, 2.05) is 0 Å². The molecule has 0 aromatic carbocycles. The molecule has 0 fully saturated rings. The Hall–Kier alpha value is -0.380. The highest BCUT2D eigenvalue weighted by Crippen LogP contribution is 1.87. The maximum absolute atomic E-state index is 5.29. The molecule has 11 heavy (non-hydrogen) atoms. The first-order chi connectivity index (χ1) is 4.43. The maximum Gasteiger partial charge on any atom is 0.0599 e. The van der Waals surface area contributed by atoms with Gasteiger partial charge in [0, 0.05) is 25.0 Å². The molecule has 1 aromatic rings. The summed E-state index contributed by atoms with van der Waals surface area (Å²) in [4.78, 5) is 7.91. The van der Waals surface area contributed by atoms with Gasteiger partial charge in [0.1, 0.15) is 0 Å². The van der Waals surface area contributed by atoms with Crippen molar-refractivity contribution in [2.75, 3.05) is 6.54 Å². The van der Waals surface area contributed by atoms with E-state index < -0.39 is 0 Å². The van der Waals surface area contributed by atoms with Crippen LogP contribution < -0.4 is 5.73 Å². The molecule has 0 atom stereocenters. The van der Waals surface area contributed by atoms with Crippen LogP contribution in [0.5, 0.6) is 0 Å². The van der Waals surface area contributed by atoms with Crippen LogP contribution >= 0.6 is 24.8 Å². The zero-order valence-electron chi connectivity index (χ0n) is 5.93. The molecule has 5 heteroatoms. The molecular formula is C6H11Cl2N3. The van der Waals surface area contributed by atoms with Gasteiger partial charge in [-0.15, -0.1) is 24.8 Å². The maximum atomic E-state index is 5.29.